The first-order valence-corrected chi connectivity index (χ1v) is 10.6. The molecule has 3 heterocycles. The van der Waals surface area contributed by atoms with E-state index in [0.29, 0.717) is 11.9 Å². The largest absolute Gasteiger partial charge is 0.398 e. The van der Waals surface area contributed by atoms with Crippen LogP contribution in [0.4, 0.5) is 11.5 Å². The van der Waals surface area contributed by atoms with Gasteiger partial charge in [0, 0.05) is 44.6 Å². The van der Waals surface area contributed by atoms with Crippen molar-refractivity contribution in [3.8, 4) is 11.1 Å². The maximum atomic E-state index is 6.18. The third-order valence-corrected chi connectivity index (χ3v) is 6.53. The van der Waals surface area contributed by atoms with Gasteiger partial charge in [-0.1, -0.05) is 30.5 Å². The van der Waals surface area contributed by atoms with Crippen LogP contribution in [0.1, 0.15) is 30.0 Å². The van der Waals surface area contributed by atoms with E-state index in [1.165, 1.54) is 11.8 Å². The summed E-state index contributed by atoms with van der Waals surface area (Å²) in [5.41, 5.74) is 17.0. The minimum atomic E-state index is 0.445. The predicted molar refractivity (Wildman–Crippen MR) is 121 cm³/mol. The van der Waals surface area contributed by atoms with Crippen LogP contribution in [0.5, 0.6) is 0 Å². The van der Waals surface area contributed by atoms with Gasteiger partial charge in [0.05, 0.1) is 12.2 Å². The number of anilines is 2. The van der Waals surface area contributed by atoms with Crippen LogP contribution in [-0.4, -0.2) is 27.9 Å². The van der Waals surface area contributed by atoms with Crippen molar-refractivity contribution in [2.45, 2.75) is 30.7 Å². The first kappa shape index (κ1) is 19.5. The molecular formula is C22H26N6S. The number of nitrogens with one attached hydrogen (secondary N) is 1. The van der Waals surface area contributed by atoms with Crippen molar-refractivity contribution in [2.75, 3.05) is 24.6 Å². The maximum Gasteiger partial charge on any atom is 0.131 e. The van der Waals surface area contributed by atoms with Crippen LogP contribution in [0.25, 0.3) is 16.0 Å². The molecule has 4 rings (SSSR count). The zero-order valence-electron chi connectivity index (χ0n) is 16.6. The summed E-state index contributed by atoms with van der Waals surface area (Å²) in [4.78, 5) is 6.23. The molecule has 0 radical (unpaired) electrons. The Balaban J connectivity index is 1.59. The van der Waals surface area contributed by atoms with Crippen LogP contribution in [0, 0.1) is 6.92 Å². The number of hydrogen-bond acceptors (Lipinski definition) is 6. The van der Waals surface area contributed by atoms with Gasteiger partial charge < -0.3 is 16.8 Å². The third kappa shape index (κ3) is 4.16. The number of benzene rings is 1. The summed E-state index contributed by atoms with van der Waals surface area (Å²) in [6, 6.07) is 8.37. The highest BCUT2D eigenvalue weighted by Crippen LogP contribution is 2.40. The van der Waals surface area contributed by atoms with E-state index in [1.54, 1.807) is 6.20 Å². The van der Waals surface area contributed by atoms with Crippen LogP contribution < -0.4 is 16.8 Å². The number of nitrogens with zero attached hydrogens (tertiary/aromatic N) is 3. The van der Waals surface area contributed by atoms with E-state index in [2.05, 4.69) is 32.9 Å². The van der Waals surface area contributed by atoms with E-state index in [4.69, 9.17) is 11.5 Å². The molecule has 1 aliphatic heterocycles. The number of thioether (sulfide) groups is 1. The third-order valence-electron chi connectivity index (χ3n) is 5.30. The van der Waals surface area contributed by atoms with Gasteiger partial charge in [-0.15, -0.1) is 0 Å². The second kappa shape index (κ2) is 8.31. The molecule has 0 saturated carbocycles. The monoisotopic (exact) mass is 406 g/mol. The number of aromatic nitrogens is 3. The molecule has 0 aliphatic carbocycles. The molecular weight excluding hydrogens is 380 g/mol. The van der Waals surface area contributed by atoms with Crippen molar-refractivity contribution in [1.29, 1.82) is 0 Å². The van der Waals surface area contributed by atoms with Crippen molar-refractivity contribution in [1.82, 2.24) is 20.1 Å². The molecule has 1 aromatic carbocycles. The number of aryl methyl sites for hydroxylation is 1. The molecule has 150 valence electrons. The predicted octanol–water partition coefficient (Wildman–Crippen LogP) is 4.11. The molecule has 7 heteroatoms. The molecule has 0 atom stereocenters. The van der Waals surface area contributed by atoms with Crippen LogP contribution >= 0.6 is 11.8 Å². The van der Waals surface area contributed by atoms with Gasteiger partial charge in [0.25, 0.3) is 0 Å². The fourth-order valence-corrected chi connectivity index (χ4v) is 4.54. The highest BCUT2D eigenvalue weighted by Gasteiger charge is 2.17. The number of hydrogen-bond donors (Lipinski definition) is 3. The van der Waals surface area contributed by atoms with Crippen LogP contribution in [0.2, 0.25) is 0 Å². The van der Waals surface area contributed by atoms with E-state index >= 15 is 0 Å². The molecule has 1 fully saturated rings. The highest BCUT2D eigenvalue weighted by molar-refractivity contribution is 8.08. The minimum absolute atomic E-state index is 0.445. The lowest BCUT2D eigenvalue weighted by Crippen LogP contribution is -2.29. The summed E-state index contributed by atoms with van der Waals surface area (Å²) in [7, 11) is 0. The number of nitrogens with two attached hydrogens (primary N) is 2. The topological polar surface area (TPSA) is 94.8 Å². The first-order valence-electron chi connectivity index (χ1n) is 9.76. The Kier molecular flexibility index (Phi) is 5.60. The molecule has 1 aliphatic rings. The fourth-order valence-electron chi connectivity index (χ4n) is 3.61. The lowest BCUT2D eigenvalue weighted by molar-refractivity contribution is 0.343. The molecule has 29 heavy (non-hydrogen) atoms. The summed E-state index contributed by atoms with van der Waals surface area (Å²) in [5, 5.41) is 7.98. The summed E-state index contributed by atoms with van der Waals surface area (Å²) < 4.78 is 2.07. The highest BCUT2D eigenvalue weighted by atomic mass is 32.2. The standard InChI is InChI=1S/C22H26N6S/c1-14-4-3-5-20(23)21(14)29-15(2)19-10-16(11-26-22(19)24)17-12-27-28(13-17)18-6-8-25-9-7-18/h3-5,10-13,18,25H,2,6-9,23H2,1H3,(H2,24,26). The van der Waals surface area contributed by atoms with Crippen molar-refractivity contribution < 1.29 is 0 Å². The molecule has 6 nitrogen and oxygen atoms in total. The molecule has 1 saturated heterocycles. The molecule has 5 N–H and O–H groups in total. The number of piperidine rings is 1. The van der Waals surface area contributed by atoms with Crippen LogP contribution in [-0.2, 0) is 0 Å². The van der Waals surface area contributed by atoms with E-state index in [9.17, 15) is 0 Å². The lowest BCUT2D eigenvalue weighted by atomic mass is 10.1. The van der Waals surface area contributed by atoms with Gasteiger partial charge in [-0.25, -0.2) is 4.98 Å². The summed E-state index contributed by atoms with van der Waals surface area (Å²) in [6.07, 6.45) is 7.98. The van der Waals surface area contributed by atoms with Crippen LogP contribution in [0.15, 0.2) is 54.3 Å². The average Bonchev–Trinajstić information content (AvgIpc) is 3.22. The van der Waals surface area contributed by atoms with Gasteiger partial charge in [0.2, 0.25) is 0 Å². The van der Waals surface area contributed by atoms with E-state index in [1.807, 2.05) is 37.4 Å². The molecule has 0 amide bonds. The van der Waals surface area contributed by atoms with Crippen molar-refractivity contribution >= 4 is 28.2 Å². The van der Waals surface area contributed by atoms with E-state index in [0.717, 1.165) is 63.7 Å². The quantitative estimate of drug-likeness (QED) is 0.436. The average molecular weight is 407 g/mol. The molecule has 0 bridgehead atoms. The summed E-state index contributed by atoms with van der Waals surface area (Å²) in [6.45, 7) is 8.35. The second-order valence-corrected chi connectivity index (χ2v) is 8.47. The molecule has 0 unspecified atom stereocenters. The van der Waals surface area contributed by atoms with Gasteiger partial charge in [-0.2, -0.15) is 5.10 Å². The fraction of sp³-hybridized carbons (Fsp3) is 0.273. The number of pyridine rings is 1. The number of nitrogen functional groups attached to an aromatic ring is 2. The second-order valence-electron chi connectivity index (χ2n) is 7.37. The smallest absolute Gasteiger partial charge is 0.131 e. The number of rotatable bonds is 5. The molecule has 2 aromatic heterocycles. The van der Waals surface area contributed by atoms with Gasteiger partial charge >= 0.3 is 0 Å². The van der Waals surface area contributed by atoms with Crippen molar-refractivity contribution in [3.63, 3.8) is 0 Å². The summed E-state index contributed by atoms with van der Waals surface area (Å²) >= 11 is 1.53. The summed E-state index contributed by atoms with van der Waals surface area (Å²) in [5.74, 6) is 0.462. The van der Waals surface area contributed by atoms with Crippen molar-refractivity contribution in [3.05, 3.63) is 60.6 Å². The van der Waals surface area contributed by atoms with Crippen molar-refractivity contribution in [2.24, 2.45) is 0 Å². The Bertz CT molecular complexity index is 1020. The SMILES string of the molecule is C=C(Sc1c(C)cccc1N)c1cc(-c2cnn(C3CCNCC3)c2)cnc1N. The Morgan fingerprint density at radius 3 is 2.76 bits per heavy atom. The normalized spacial score (nSPS) is 14.8. The zero-order chi connectivity index (χ0) is 20.4. The Labute approximate surface area is 175 Å². The van der Waals surface area contributed by atoms with Gasteiger partial charge in [-0.3, -0.25) is 4.68 Å². The molecule has 3 aromatic rings. The maximum absolute atomic E-state index is 6.18. The molecule has 0 spiro atoms. The Hall–Kier alpha value is -2.77. The minimum Gasteiger partial charge on any atom is -0.398 e. The van der Waals surface area contributed by atoms with E-state index in [-0.39, 0.29) is 0 Å². The van der Waals surface area contributed by atoms with Gasteiger partial charge in [-0.05, 0) is 50.6 Å². The van der Waals surface area contributed by atoms with Gasteiger partial charge in [0.15, 0.2) is 0 Å². The Morgan fingerprint density at radius 2 is 2.00 bits per heavy atom. The lowest BCUT2D eigenvalue weighted by Gasteiger charge is -2.22. The van der Waals surface area contributed by atoms with Gasteiger partial charge in [0.1, 0.15) is 5.82 Å². The van der Waals surface area contributed by atoms with E-state index < -0.39 is 0 Å². The van der Waals surface area contributed by atoms with Crippen LogP contribution in [0.3, 0.4) is 0 Å². The first-order chi connectivity index (χ1) is 14.0. The Morgan fingerprint density at radius 1 is 1.21 bits per heavy atom. The zero-order valence-corrected chi connectivity index (χ0v) is 17.4.